The second kappa shape index (κ2) is 4.73. The first-order chi connectivity index (χ1) is 5.34. The number of aliphatic hydroxyl groups excluding tert-OH is 1. The van der Waals surface area contributed by atoms with Gasteiger partial charge in [-0.2, -0.15) is 0 Å². The van der Waals surface area contributed by atoms with Crippen molar-refractivity contribution in [2.24, 2.45) is 0 Å². The van der Waals surface area contributed by atoms with Crippen LogP contribution in [0.5, 0.6) is 0 Å². The number of aliphatic hydroxyl groups is 1. The van der Waals surface area contributed by atoms with Crippen LogP contribution in [0.15, 0.2) is 0 Å². The van der Waals surface area contributed by atoms with Gasteiger partial charge in [-0.25, -0.2) is 0 Å². The van der Waals surface area contributed by atoms with Gasteiger partial charge >= 0.3 is 0 Å². The summed E-state index contributed by atoms with van der Waals surface area (Å²) in [6.45, 7) is 2.86. The van der Waals surface area contributed by atoms with Gasteiger partial charge in [-0.05, 0) is 25.7 Å². The molecule has 1 radical (unpaired) electrons. The van der Waals surface area contributed by atoms with Crippen LogP contribution in [0.1, 0.15) is 32.6 Å². The minimum absolute atomic E-state index is 0.0729. The topological polar surface area (TPSA) is 29.5 Å². The molecule has 0 aliphatic heterocycles. The number of hydrogen-bond acceptors (Lipinski definition) is 2. The van der Waals surface area contributed by atoms with Crippen molar-refractivity contribution >= 4 is 0 Å². The lowest BCUT2D eigenvalue weighted by Gasteiger charge is -2.27. The van der Waals surface area contributed by atoms with Gasteiger partial charge in [0, 0.05) is 6.61 Å². The van der Waals surface area contributed by atoms with Gasteiger partial charge in [0.2, 0.25) is 0 Å². The van der Waals surface area contributed by atoms with Crippen LogP contribution >= 0.6 is 0 Å². The van der Waals surface area contributed by atoms with Gasteiger partial charge in [-0.3, -0.25) is 0 Å². The van der Waals surface area contributed by atoms with E-state index in [9.17, 15) is 5.11 Å². The summed E-state index contributed by atoms with van der Waals surface area (Å²) in [5.74, 6) is 0. The maximum absolute atomic E-state index is 9.42. The Morgan fingerprint density at radius 1 is 1.64 bits per heavy atom. The van der Waals surface area contributed by atoms with E-state index < -0.39 is 0 Å². The fourth-order valence-electron chi connectivity index (χ4n) is 1.38. The van der Waals surface area contributed by atoms with Crippen molar-refractivity contribution in [3.05, 3.63) is 6.42 Å². The van der Waals surface area contributed by atoms with Crippen LogP contribution in [0.3, 0.4) is 0 Å². The van der Waals surface area contributed by atoms with Crippen molar-refractivity contribution in [2.45, 2.75) is 44.8 Å². The summed E-state index contributed by atoms with van der Waals surface area (Å²) in [4.78, 5) is 0. The van der Waals surface area contributed by atoms with Crippen LogP contribution in [0.2, 0.25) is 0 Å². The summed E-state index contributed by atoms with van der Waals surface area (Å²) in [5, 5.41) is 9.42. The first-order valence-electron chi connectivity index (χ1n) is 4.47. The van der Waals surface area contributed by atoms with Crippen molar-refractivity contribution in [3.63, 3.8) is 0 Å². The Labute approximate surface area is 68.6 Å². The Hall–Kier alpha value is -0.0800. The number of ether oxygens (including phenoxy) is 1. The largest absolute Gasteiger partial charge is 0.390 e. The van der Waals surface area contributed by atoms with Gasteiger partial charge in [0.05, 0.1) is 12.2 Å². The minimum Gasteiger partial charge on any atom is -0.390 e. The van der Waals surface area contributed by atoms with Gasteiger partial charge in [-0.15, -0.1) is 0 Å². The summed E-state index contributed by atoms with van der Waals surface area (Å²) < 4.78 is 5.46. The maximum Gasteiger partial charge on any atom is 0.0836 e. The molecule has 1 aliphatic rings. The van der Waals surface area contributed by atoms with Crippen LogP contribution in [-0.2, 0) is 4.74 Å². The van der Waals surface area contributed by atoms with Crippen molar-refractivity contribution in [1.29, 1.82) is 0 Å². The molecule has 0 saturated heterocycles. The molecule has 1 rings (SSSR count). The third-order valence-electron chi connectivity index (χ3n) is 2.02. The first-order valence-corrected chi connectivity index (χ1v) is 4.47. The third-order valence-corrected chi connectivity index (χ3v) is 2.02. The van der Waals surface area contributed by atoms with Crippen LogP contribution < -0.4 is 0 Å². The van der Waals surface area contributed by atoms with E-state index >= 15 is 0 Å². The van der Waals surface area contributed by atoms with Gasteiger partial charge in [0.1, 0.15) is 0 Å². The average molecular weight is 157 g/mol. The van der Waals surface area contributed by atoms with E-state index in [0.29, 0.717) is 0 Å². The Morgan fingerprint density at radius 2 is 2.45 bits per heavy atom. The lowest BCUT2D eigenvalue weighted by atomic mass is 9.95. The second-order valence-electron chi connectivity index (χ2n) is 3.07. The predicted molar refractivity (Wildman–Crippen MR) is 44.2 cm³/mol. The molecule has 11 heavy (non-hydrogen) atoms. The van der Waals surface area contributed by atoms with Gasteiger partial charge in [0.25, 0.3) is 0 Å². The SMILES string of the molecule is CCCOC1CCC[CH]C1O. The lowest BCUT2D eigenvalue weighted by Crippen LogP contribution is -2.32. The Bertz CT molecular complexity index is 104. The molecule has 1 aliphatic carbocycles. The number of hydrogen-bond donors (Lipinski definition) is 1. The van der Waals surface area contributed by atoms with E-state index in [0.717, 1.165) is 32.3 Å². The molecule has 2 atom stereocenters. The molecule has 0 aromatic heterocycles. The minimum atomic E-state index is -0.324. The summed E-state index contributed by atoms with van der Waals surface area (Å²) in [7, 11) is 0. The monoisotopic (exact) mass is 157 g/mol. The van der Waals surface area contributed by atoms with Gasteiger partial charge in [0.15, 0.2) is 0 Å². The first kappa shape index (κ1) is 9.01. The molecule has 2 unspecified atom stereocenters. The quantitative estimate of drug-likeness (QED) is 0.673. The molecule has 0 heterocycles. The molecule has 65 valence electrons. The Balaban J connectivity index is 2.18. The highest BCUT2D eigenvalue weighted by molar-refractivity contribution is 4.87. The molecular weight excluding hydrogens is 140 g/mol. The summed E-state index contributed by atoms with van der Waals surface area (Å²) in [5.41, 5.74) is 0. The van der Waals surface area contributed by atoms with Crippen LogP contribution in [0.25, 0.3) is 0 Å². The van der Waals surface area contributed by atoms with Gasteiger partial charge in [-0.1, -0.05) is 13.3 Å². The summed E-state index contributed by atoms with van der Waals surface area (Å²) >= 11 is 0. The van der Waals surface area contributed by atoms with Crippen molar-refractivity contribution in [2.75, 3.05) is 6.61 Å². The molecule has 0 aromatic carbocycles. The second-order valence-corrected chi connectivity index (χ2v) is 3.07. The zero-order chi connectivity index (χ0) is 8.10. The van der Waals surface area contributed by atoms with Crippen LogP contribution in [0.4, 0.5) is 0 Å². The van der Waals surface area contributed by atoms with E-state index in [1.807, 2.05) is 6.42 Å². The van der Waals surface area contributed by atoms with E-state index in [1.165, 1.54) is 0 Å². The molecule has 0 bridgehead atoms. The van der Waals surface area contributed by atoms with Gasteiger partial charge < -0.3 is 9.84 Å². The smallest absolute Gasteiger partial charge is 0.0836 e. The van der Waals surface area contributed by atoms with Crippen molar-refractivity contribution in [1.82, 2.24) is 0 Å². The Morgan fingerprint density at radius 3 is 3.09 bits per heavy atom. The predicted octanol–water partition coefficient (Wildman–Crippen LogP) is 1.53. The fraction of sp³-hybridized carbons (Fsp3) is 0.889. The summed E-state index contributed by atoms with van der Waals surface area (Å²) in [6.07, 6.45) is 5.93. The van der Waals surface area contributed by atoms with Crippen LogP contribution in [0, 0.1) is 6.42 Å². The normalized spacial score (nSPS) is 32.2. The highest BCUT2D eigenvalue weighted by Gasteiger charge is 2.23. The van der Waals surface area contributed by atoms with Crippen molar-refractivity contribution in [3.8, 4) is 0 Å². The summed E-state index contributed by atoms with van der Waals surface area (Å²) in [6, 6.07) is 0. The third kappa shape index (κ3) is 2.80. The lowest BCUT2D eigenvalue weighted by molar-refractivity contribution is -0.0388. The molecule has 0 amide bonds. The van der Waals surface area contributed by atoms with E-state index in [4.69, 9.17) is 4.74 Å². The zero-order valence-corrected chi connectivity index (χ0v) is 7.12. The molecule has 2 heteroatoms. The average Bonchev–Trinajstić information content (AvgIpc) is 2.03. The standard InChI is InChI=1S/C9H17O2/c1-2-7-11-9-6-4-3-5-8(9)10/h5,8-10H,2-4,6-7H2,1H3. The molecular formula is C9H17O2. The molecule has 1 N–H and O–H groups in total. The fourth-order valence-corrected chi connectivity index (χ4v) is 1.38. The van der Waals surface area contributed by atoms with Crippen molar-refractivity contribution < 1.29 is 9.84 Å². The molecule has 2 nitrogen and oxygen atoms in total. The maximum atomic E-state index is 9.42. The van der Waals surface area contributed by atoms with Crippen LogP contribution in [-0.4, -0.2) is 23.9 Å². The number of rotatable bonds is 3. The zero-order valence-electron chi connectivity index (χ0n) is 7.12. The van der Waals surface area contributed by atoms with E-state index in [2.05, 4.69) is 6.92 Å². The molecule has 1 fully saturated rings. The molecule has 1 saturated carbocycles. The highest BCUT2D eigenvalue weighted by atomic mass is 16.5. The highest BCUT2D eigenvalue weighted by Crippen LogP contribution is 2.20. The Kier molecular flexibility index (Phi) is 3.87. The van der Waals surface area contributed by atoms with E-state index in [1.54, 1.807) is 0 Å². The molecule has 0 aromatic rings. The molecule has 0 spiro atoms. The van der Waals surface area contributed by atoms with E-state index in [-0.39, 0.29) is 12.2 Å².